The fourth-order valence-corrected chi connectivity index (χ4v) is 3.30. The molecule has 0 unspecified atom stereocenters. The van der Waals surface area contributed by atoms with E-state index in [1.807, 2.05) is 24.3 Å². The summed E-state index contributed by atoms with van der Waals surface area (Å²) in [7, 11) is 1.62. The van der Waals surface area contributed by atoms with E-state index in [0.717, 1.165) is 30.6 Å². The zero-order valence-electron chi connectivity index (χ0n) is 11.7. The Hall–Kier alpha value is -1.82. The van der Waals surface area contributed by atoms with Crippen LogP contribution in [-0.4, -0.2) is 28.3 Å². The Bertz CT molecular complexity index is 624. The molecule has 0 N–H and O–H groups in total. The van der Waals surface area contributed by atoms with Gasteiger partial charge in [0.1, 0.15) is 11.5 Å². The van der Waals surface area contributed by atoms with Crippen LogP contribution in [0.3, 0.4) is 0 Å². The lowest BCUT2D eigenvalue weighted by Gasteiger charge is -2.17. The van der Waals surface area contributed by atoms with E-state index in [4.69, 9.17) is 9.15 Å². The third-order valence-electron chi connectivity index (χ3n) is 3.49. The van der Waals surface area contributed by atoms with Crippen molar-refractivity contribution in [2.45, 2.75) is 36.2 Å². The molecule has 21 heavy (non-hydrogen) atoms. The first-order valence-corrected chi connectivity index (χ1v) is 7.81. The predicted molar refractivity (Wildman–Crippen MR) is 79.4 cm³/mol. The summed E-state index contributed by atoms with van der Waals surface area (Å²) in [6, 6.07) is 7.42. The number of thioether (sulfide) groups is 1. The molecule has 0 amide bonds. The first kappa shape index (κ1) is 14.1. The fraction of sp³-hybridized carbons (Fsp3) is 0.400. The molecule has 110 valence electrons. The Morgan fingerprint density at radius 2 is 2.05 bits per heavy atom. The largest absolute Gasteiger partial charge is 0.497 e. The van der Waals surface area contributed by atoms with E-state index in [-0.39, 0.29) is 11.0 Å². The average molecular weight is 304 g/mol. The number of carbonyl (C=O) groups is 1. The first-order valence-electron chi connectivity index (χ1n) is 6.93. The number of methoxy groups -OCH3 is 1. The van der Waals surface area contributed by atoms with Gasteiger partial charge in [-0.2, -0.15) is 0 Å². The number of ether oxygens (including phenoxy) is 1. The highest BCUT2D eigenvalue weighted by Gasteiger charge is 2.25. The van der Waals surface area contributed by atoms with Crippen molar-refractivity contribution >= 4 is 17.5 Å². The third kappa shape index (κ3) is 3.26. The second-order valence-electron chi connectivity index (χ2n) is 4.92. The number of ketones is 1. The molecular weight excluding hydrogens is 288 g/mol. The van der Waals surface area contributed by atoms with Crippen LogP contribution < -0.4 is 4.74 Å². The normalized spacial score (nSPS) is 18.7. The van der Waals surface area contributed by atoms with Crippen LogP contribution in [0.5, 0.6) is 5.75 Å². The van der Waals surface area contributed by atoms with Gasteiger partial charge in [-0.15, -0.1) is 10.2 Å². The summed E-state index contributed by atoms with van der Waals surface area (Å²) < 4.78 is 10.8. The standard InChI is InChI=1S/C15H16N2O3S/c1-19-11-8-6-10(7-9-11)14-16-17-15(20-14)21-13-5-3-2-4-12(13)18/h6-9,13H,2-5H2,1H3/t13-/m1/s1. The van der Waals surface area contributed by atoms with Crippen molar-refractivity contribution in [3.8, 4) is 17.2 Å². The second kappa shape index (κ2) is 6.30. The van der Waals surface area contributed by atoms with Crippen molar-refractivity contribution < 1.29 is 13.9 Å². The van der Waals surface area contributed by atoms with E-state index in [1.165, 1.54) is 11.8 Å². The van der Waals surface area contributed by atoms with Crippen LogP contribution in [0.1, 0.15) is 25.7 Å². The van der Waals surface area contributed by atoms with Gasteiger partial charge in [0.05, 0.1) is 12.4 Å². The predicted octanol–water partition coefficient (Wildman–Crippen LogP) is 3.35. The van der Waals surface area contributed by atoms with Gasteiger partial charge in [0, 0.05) is 12.0 Å². The van der Waals surface area contributed by atoms with Crippen LogP contribution in [0.15, 0.2) is 33.9 Å². The maximum Gasteiger partial charge on any atom is 0.277 e. The Labute approximate surface area is 127 Å². The van der Waals surface area contributed by atoms with E-state index in [2.05, 4.69) is 10.2 Å². The van der Waals surface area contributed by atoms with Gasteiger partial charge in [0.15, 0.2) is 0 Å². The Balaban J connectivity index is 1.71. The van der Waals surface area contributed by atoms with E-state index < -0.39 is 0 Å². The van der Waals surface area contributed by atoms with Gasteiger partial charge in [-0.3, -0.25) is 4.79 Å². The topological polar surface area (TPSA) is 65.2 Å². The molecular formula is C15H16N2O3S. The average Bonchev–Trinajstić information content (AvgIpc) is 2.98. The molecule has 6 heteroatoms. The lowest BCUT2D eigenvalue weighted by molar-refractivity contribution is -0.119. The number of hydrogen-bond donors (Lipinski definition) is 0. The first-order chi connectivity index (χ1) is 10.3. The minimum Gasteiger partial charge on any atom is -0.497 e. The SMILES string of the molecule is COc1ccc(-c2nnc(S[C@@H]3CCCCC3=O)o2)cc1. The number of rotatable bonds is 4. The van der Waals surface area contributed by atoms with Crippen molar-refractivity contribution in [2.75, 3.05) is 7.11 Å². The summed E-state index contributed by atoms with van der Waals surface area (Å²) in [6.07, 6.45) is 3.64. The van der Waals surface area contributed by atoms with Gasteiger partial charge in [-0.05, 0) is 37.1 Å². The molecule has 1 saturated carbocycles. The van der Waals surface area contributed by atoms with Gasteiger partial charge in [0.2, 0.25) is 5.89 Å². The van der Waals surface area contributed by atoms with E-state index >= 15 is 0 Å². The zero-order chi connectivity index (χ0) is 14.7. The monoisotopic (exact) mass is 304 g/mol. The molecule has 1 aromatic carbocycles. The van der Waals surface area contributed by atoms with Crippen molar-refractivity contribution in [1.82, 2.24) is 10.2 Å². The molecule has 3 rings (SSSR count). The minimum atomic E-state index is -0.0390. The van der Waals surface area contributed by atoms with E-state index in [1.54, 1.807) is 7.11 Å². The Morgan fingerprint density at radius 3 is 2.76 bits per heavy atom. The molecule has 1 aliphatic carbocycles. The molecule has 0 aliphatic heterocycles. The second-order valence-corrected chi connectivity index (χ2v) is 6.07. The van der Waals surface area contributed by atoms with E-state index in [0.29, 0.717) is 17.5 Å². The molecule has 0 saturated heterocycles. The molecule has 1 aliphatic rings. The molecule has 1 fully saturated rings. The fourth-order valence-electron chi connectivity index (χ4n) is 2.30. The third-order valence-corrected chi connectivity index (χ3v) is 4.63. The highest BCUT2D eigenvalue weighted by atomic mass is 32.2. The number of Topliss-reactive ketones (excluding diaryl/α,β-unsaturated/α-hetero) is 1. The van der Waals surface area contributed by atoms with Gasteiger partial charge in [-0.25, -0.2) is 0 Å². The van der Waals surface area contributed by atoms with Gasteiger partial charge < -0.3 is 9.15 Å². The highest BCUT2D eigenvalue weighted by molar-refractivity contribution is 8.00. The molecule has 0 bridgehead atoms. The molecule has 1 heterocycles. The molecule has 2 aromatic rings. The summed E-state index contributed by atoms with van der Waals surface area (Å²) in [6.45, 7) is 0. The van der Waals surface area contributed by atoms with Crippen molar-refractivity contribution in [1.29, 1.82) is 0 Å². The molecule has 5 nitrogen and oxygen atoms in total. The van der Waals surface area contributed by atoms with Crippen LogP contribution in [-0.2, 0) is 4.79 Å². The smallest absolute Gasteiger partial charge is 0.277 e. The van der Waals surface area contributed by atoms with Gasteiger partial charge in [-0.1, -0.05) is 18.2 Å². The van der Waals surface area contributed by atoms with E-state index in [9.17, 15) is 4.79 Å². The molecule has 1 atom stereocenters. The highest BCUT2D eigenvalue weighted by Crippen LogP contribution is 2.32. The quantitative estimate of drug-likeness (QED) is 0.863. The Kier molecular flexibility index (Phi) is 4.24. The number of nitrogens with zero attached hydrogens (tertiary/aromatic N) is 2. The van der Waals surface area contributed by atoms with Gasteiger partial charge >= 0.3 is 0 Å². The lowest BCUT2D eigenvalue weighted by Crippen LogP contribution is -2.21. The maximum atomic E-state index is 11.8. The minimum absolute atomic E-state index is 0.0390. The Morgan fingerprint density at radius 1 is 1.24 bits per heavy atom. The van der Waals surface area contributed by atoms with Crippen LogP contribution in [0.25, 0.3) is 11.5 Å². The summed E-state index contributed by atoms with van der Waals surface area (Å²) in [5.41, 5.74) is 0.838. The summed E-state index contributed by atoms with van der Waals surface area (Å²) in [5.74, 6) is 1.53. The zero-order valence-corrected chi connectivity index (χ0v) is 12.6. The number of benzene rings is 1. The molecule has 0 radical (unpaired) electrons. The summed E-state index contributed by atoms with van der Waals surface area (Å²) in [4.78, 5) is 11.8. The molecule has 0 spiro atoms. The lowest BCUT2D eigenvalue weighted by atomic mass is 9.99. The van der Waals surface area contributed by atoms with Gasteiger partial charge in [0.25, 0.3) is 5.22 Å². The summed E-state index contributed by atoms with van der Waals surface area (Å²) >= 11 is 1.38. The van der Waals surface area contributed by atoms with Crippen molar-refractivity contribution in [3.05, 3.63) is 24.3 Å². The maximum absolute atomic E-state index is 11.8. The molecule has 1 aromatic heterocycles. The number of aromatic nitrogens is 2. The van der Waals surface area contributed by atoms with Crippen LogP contribution in [0, 0.1) is 0 Å². The van der Waals surface area contributed by atoms with Crippen molar-refractivity contribution in [2.24, 2.45) is 0 Å². The van der Waals surface area contributed by atoms with Crippen LogP contribution in [0.4, 0.5) is 0 Å². The van der Waals surface area contributed by atoms with Crippen LogP contribution in [0.2, 0.25) is 0 Å². The van der Waals surface area contributed by atoms with Crippen molar-refractivity contribution in [3.63, 3.8) is 0 Å². The number of carbonyl (C=O) groups excluding carboxylic acids is 1. The number of hydrogen-bond acceptors (Lipinski definition) is 6. The summed E-state index contributed by atoms with van der Waals surface area (Å²) in [5, 5.41) is 8.49. The van der Waals surface area contributed by atoms with Crippen LogP contribution >= 0.6 is 11.8 Å².